The van der Waals surface area contributed by atoms with Gasteiger partial charge in [0.15, 0.2) is 26.7 Å². The molecule has 8 fully saturated rings. The molecule has 2 saturated heterocycles. The van der Waals surface area contributed by atoms with Gasteiger partial charge >= 0.3 is 41.8 Å². The Kier molecular flexibility index (Phi) is 49.0. The van der Waals surface area contributed by atoms with Crippen molar-refractivity contribution in [2.45, 2.75) is 356 Å². The lowest BCUT2D eigenvalue weighted by atomic mass is 9.55. The lowest BCUT2D eigenvalue weighted by Crippen LogP contribution is -2.49. The van der Waals surface area contributed by atoms with Crippen molar-refractivity contribution in [1.82, 2.24) is 0 Å². The molecule has 4 bridgehead atoms. The van der Waals surface area contributed by atoms with Crippen molar-refractivity contribution in [2.24, 2.45) is 63.6 Å². The average Bonchev–Trinajstić information content (AvgIpc) is 0.945. The maximum absolute atomic E-state index is 12.1. The van der Waals surface area contributed by atoms with E-state index in [1.54, 1.807) is 6.92 Å². The van der Waals surface area contributed by atoms with Gasteiger partial charge in [-0.15, -0.1) is 0 Å². The maximum atomic E-state index is 12.1. The number of carbonyl (C=O) groups excluding carboxylic acids is 7. The minimum atomic E-state index is -0.642. The minimum absolute atomic E-state index is 0.0119. The van der Waals surface area contributed by atoms with Crippen molar-refractivity contribution in [3.05, 3.63) is 0 Å². The highest BCUT2D eigenvalue weighted by atomic mass is 16.7. The molecular formula is C80H146O21. The van der Waals surface area contributed by atoms with Crippen molar-refractivity contribution >= 4 is 41.8 Å². The van der Waals surface area contributed by atoms with Crippen LogP contribution in [0.1, 0.15) is 319 Å². The number of hydrogen-bond donors (Lipinski definition) is 0. The Morgan fingerprint density at radius 1 is 0.436 bits per heavy atom. The molecule has 0 aromatic rings. The fourth-order valence-electron chi connectivity index (χ4n) is 11.9. The second-order valence-electron chi connectivity index (χ2n) is 30.5. The Balaban J connectivity index is 0.000000594. The lowest BCUT2D eigenvalue weighted by molar-refractivity contribution is -0.249. The summed E-state index contributed by atoms with van der Waals surface area (Å²) < 4.78 is 73.9. The van der Waals surface area contributed by atoms with Gasteiger partial charge in [0.1, 0.15) is 0 Å². The molecular weight excluding hydrogens is 1300 g/mol. The first-order valence-electron chi connectivity index (χ1n) is 39.5. The van der Waals surface area contributed by atoms with Crippen molar-refractivity contribution in [2.75, 3.05) is 53.4 Å². The van der Waals surface area contributed by atoms with E-state index in [1.807, 2.05) is 138 Å². The van der Waals surface area contributed by atoms with Crippen LogP contribution in [-0.4, -0.2) is 132 Å². The third-order valence-electron chi connectivity index (χ3n) is 21.0. The highest BCUT2D eigenvalue weighted by Gasteiger charge is 2.49. The zero-order valence-corrected chi connectivity index (χ0v) is 67.3. The first-order valence-corrected chi connectivity index (χ1v) is 39.5. The summed E-state index contributed by atoms with van der Waals surface area (Å²) in [4.78, 5) is 80.4. The fraction of sp³-hybridized carbons (Fsp3) is 0.912. The van der Waals surface area contributed by atoms with E-state index in [0.717, 1.165) is 139 Å². The molecule has 8 rings (SSSR count). The molecule has 21 nitrogen and oxygen atoms in total. The molecule has 0 amide bonds. The summed E-state index contributed by atoms with van der Waals surface area (Å²) in [6.45, 7) is 43.7. The molecule has 592 valence electrons. The van der Waals surface area contributed by atoms with Crippen LogP contribution in [0, 0.1) is 63.6 Å². The number of esters is 7. The van der Waals surface area contributed by atoms with Crippen molar-refractivity contribution in [3.63, 3.8) is 0 Å². The zero-order chi connectivity index (χ0) is 76.2. The molecule has 0 spiro atoms. The third-order valence-corrected chi connectivity index (χ3v) is 21.0. The van der Waals surface area contributed by atoms with E-state index in [4.69, 9.17) is 66.3 Å². The van der Waals surface area contributed by atoms with Crippen LogP contribution in [0.2, 0.25) is 0 Å². The molecule has 0 radical (unpaired) electrons. The van der Waals surface area contributed by atoms with Gasteiger partial charge in [0, 0.05) is 45.5 Å². The van der Waals surface area contributed by atoms with Crippen LogP contribution in [0.5, 0.6) is 0 Å². The summed E-state index contributed by atoms with van der Waals surface area (Å²) in [5.41, 5.74) is -1.19. The topological polar surface area (TPSA) is 249 Å². The molecule has 0 aromatic heterocycles. The Morgan fingerprint density at radius 3 is 1.24 bits per heavy atom. The molecule has 101 heavy (non-hydrogen) atoms. The van der Waals surface area contributed by atoms with Crippen LogP contribution in [0.15, 0.2) is 0 Å². The van der Waals surface area contributed by atoms with E-state index in [-0.39, 0.29) is 109 Å². The quantitative estimate of drug-likeness (QED) is 0.0271. The molecule has 6 aliphatic carbocycles. The minimum Gasteiger partial charge on any atom is -0.438 e. The highest BCUT2D eigenvalue weighted by molar-refractivity contribution is 5.77. The summed E-state index contributed by atoms with van der Waals surface area (Å²) in [6, 6.07) is 0. The van der Waals surface area contributed by atoms with Crippen LogP contribution in [0.25, 0.3) is 0 Å². The molecule has 2 heterocycles. The predicted octanol–water partition coefficient (Wildman–Crippen LogP) is 18.0. The summed E-state index contributed by atoms with van der Waals surface area (Å²) in [7, 11) is 0. The van der Waals surface area contributed by atoms with Gasteiger partial charge in [-0.25, -0.2) is 0 Å². The molecule has 8 aliphatic rings. The molecule has 0 N–H and O–H groups in total. The molecule has 7 unspecified atom stereocenters. The third kappa shape index (κ3) is 38.2. The fourth-order valence-corrected chi connectivity index (χ4v) is 11.9. The van der Waals surface area contributed by atoms with Gasteiger partial charge in [-0.05, 0) is 215 Å². The maximum Gasteiger partial charge on any atom is 0.313 e. The number of ether oxygens (including phenoxy) is 14. The largest absolute Gasteiger partial charge is 0.438 e. The second kappa shape index (κ2) is 52.1. The van der Waals surface area contributed by atoms with Crippen LogP contribution in [0.4, 0.5) is 0 Å². The van der Waals surface area contributed by atoms with Gasteiger partial charge in [-0.2, -0.15) is 0 Å². The molecule has 2 aliphatic heterocycles. The van der Waals surface area contributed by atoms with E-state index in [9.17, 15) is 33.6 Å². The number of hydrogen-bond acceptors (Lipinski definition) is 21. The van der Waals surface area contributed by atoms with E-state index in [2.05, 4.69) is 0 Å². The van der Waals surface area contributed by atoms with Crippen LogP contribution < -0.4 is 0 Å². The number of rotatable bonds is 31. The van der Waals surface area contributed by atoms with Gasteiger partial charge in [0.25, 0.3) is 0 Å². The summed E-state index contributed by atoms with van der Waals surface area (Å²) in [5.74, 6) is 1.62. The second-order valence-corrected chi connectivity index (χ2v) is 30.5. The van der Waals surface area contributed by atoms with Gasteiger partial charge in [-0.3, -0.25) is 33.6 Å². The Bertz CT molecular complexity index is 2210. The van der Waals surface area contributed by atoms with Gasteiger partial charge in [0.2, 0.25) is 18.4 Å². The zero-order valence-electron chi connectivity index (χ0n) is 67.3. The SMILES string of the molecule is CCC(C)(C)C(=O)OC1CCCCO1.CCC(C)(C)C(=O)OC1CCCO1.CCC(C)C(=O)OCOC1C2CC3CC(C2)CC1C3.CCC(C)C(=O)OCOC1CCCCC1.CCOC(C)OC(=O)C(C)CC.CCOC1(OC(=O)C(C)(C)CC)CCCCC1.CCOCOC(=O)C(C)CC. The standard InChI is InChI=1S/C16H26O3.C14H26O3.C12H22O3.C11H20O3.C10H18O3.C9H18O3.C8H16O3/c1-3-10(2)16(17)19-9-18-15-13-5-11-4-12(7-13)8-14(15)6-11;1-5-13(3,4)12(15)17-14(16-6-2)10-8-7-9-11-14;1-3-10(2)12(13)15-9-14-11-7-5-4-6-8-11;1-4-11(2,3)10(12)14-9-7-5-6-8-13-9;1-4-10(2,3)9(11)13-8-6-5-7-12-8;1-5-7(3)9(10)12-8(4)11-6-2;1-4-7(3)8(9)11-6-10-5-2/h10-15H,3-9H2,1-2H3;5-11H2,1-4H3;10-11H,3-9H2,1-2H3;9H,4-8H2,1-3H3;8H,4-7H2,1-3H3;7-8H,5-6H2,1-4H3;7H,4-6H2,1-3H3. The summed E-state index contributed by atoms with van der Waals surface area (Å²) in [5, 5.41) is 0. The summed E-state index contributed by atoms with van der Waals surface area (Å²) in [6.07, 6.45) is 28.0. The smallest absolute Gasteiger partial charge is 0.313 e. The van der Waals surface area contributed by atoms with Crippen LogP contribution in [0.3, 0.4) is 0 Å². The molecule has 21 heteroatoms. The lowest BCUT2D eigenvalue weighted by Gasteiger charge is -2.53. The first-order chi connectivity index (χ1) is 47.8. The van der Waals surface area contributed by atoms with Crippen LogP contribution >= 0.6 is 0 Å². The average molecular weight is 1440 g/mol. The summed E-state index contributed by atoms with van der Waals surface area (Å²) >= 11 is 0. The first kappa shape index (κ1) is 95.0. The van der Waals surface area contributed by atoms with Gasteiger partial charge < -0.3 is 66.3 Å². The van der Waals surface area contributed by atoms with E-state index in [1.165, 1.54) is 57.8 Å². The highest BCUT2D eigenvalue weighted by Crippen LogP contribution is 2.54. The molecule has 7 atom stereocenters. The number of carbonyl (C=O) groups is 7. The van der Waals surface area contributed by atoms with Crippen molar-refractivity contribution in [1.29, 1.82) is 0 Å². The predicted molar refractivity (Wildman–Crippen MR) is 390 cm³/mol. The Hall–Kier alpha value is -3.99. The van der Waals surface area contributed by atoms with E-state index < -0.39 is 17.5 Å². The van der Waals surface area contributed by atoms with Crippen LogP contribution in [-0.2, 0) is 99.9 Å². The van der Waals surface area contributed by atoms with E-state index in [0.29, 0.717) is 45.2 Å². The molecule has 6 saturated carbocycles. The van der Waals surface area contributed by atoms with Crippen molar-refractivity contribution in [3.8, 4) is 0 Å². The monoisotopic (exact) mass is 1440 g/mol. The van der Waals surface area contributed by atoms with Gasteiger partial charge in [0.05, 0.1) is 65.3 Å². The Morgan fingerprint density at radius 2 is 0.842 bits per heavy atom. The van der Waals surface area contributed by atoms with E-state index >= 15 is 0 Å². The normalized spacial score (nSPS) is 23.5. The molecule has 0 aromatic carbocycles. The van der Waals surface area contributed by atoms with Gasteiger partial charge in [-0.1, -0.05) is 102 Å². The Labute approximate surface area is 611 Å². The van der Waals surface area contributed by atoms with Crippen molar-refractivity contribution < 1.29 is 99.9 Å².